The maximum absolute atomic E-state index is 8.91. The number of nitrogens with one attached hydrogen (secondary N) is 1. The van der Waals surface area contributed by atoms with Crippen LogP contribution in [0.5, 0.6) is 0 Å². The van der Waals surface area contributed by atoms with Crippen LogP contribution < -0.4 is 5.32 Å². The van der Waals surface area contributed by atoms with Crippen molar-refractivity contribution in [2.75, 3.05) is 18.5 Å². The molecular weight excluding hydrogens is 242 g/mol. The molecule has 6 nitrogen and oxygen atoms in total. The largest absolute Gasteiger partial charge is 0.395 e. The number of imidazole rings is 1. The summed E-state index contributed by atoms with van der Waals surface area (Å²) in [5, 5.41) is 12.0. The topological polar surface area (TPSA) is 75.9 Å². The molecule has 3 aliphatic rings. The third kappa shape index (κ3) is 2.40. The van der Waals surface area contributed by atoms with Crippen LogP contribution in [-0.4, -0.2) is 37.8 Å². The number of nitrogens with zero attached hydrogens (tertiary/aromatic N) is 4. The van der Waals surface area contributed by atoms with Gasteiger partial charge in [0.05, 0.1) is 12.9 Å². The van der Waals surface area contributed by atoms with Crippen molar-refractivity contribution in [3.8, 4) is 11.5 Å². The van der Waals surface area contributed by atoms with Crippen molar-refractivity contribution in [1.82, 2.24) is 19.5 Å². The summed E-state index contributed by atoms with van der Waals surface area (Å²) in [5.74, 6) is 3.10. The molecule has 0 bridgehead atoms. The molecule has 19 heavy (non-hydrogen) atoms. The van der Waals surface area contributed by atoms with Gasteiger partial charge in [-0.05, 0) is 19.3 Å². The highest BCUT2D eigenvalue weighted by Crippen LogP contribution is 2.40. The Labute approximate surface area is 112 Å². The van der Waals surface area contributed by atoms with Gasteiger partial charge in [-0.15, -0.1) is 0 Å². The van der Waals surface area contributed by atoms with E-state index in [0.717, 1.165) is 36.1 Å². The Morgan fingerprint density at radius 1 is 1.42 bits per heavy atom. The molecule has 1 aliphatic carbocycles. The average molecular weight is 261 g/mol. The monoisotopic (exact) mass is 261 g/mol. The van der Waals surface area contributed by atoms with Gasteiger partial charge in [0.25, 0.3) is 0 Å². The summed E-state index contributed by atoms with van der Waals surface area (Å²) in [5.41, 5.74) is 0.825. The van der Waals surface area contributed by atoms with E-state index in [4.69, 9.17) is 5.11 Å². The van der Waals surface area contributed by atoms with Crippen molar-refractivity contribution in [1.29, 1.82) is 0 Å². The molecule has 102 valence electrons. The molecule has 0 aromatic carbocycles. The van der Waals surface area contributed by atoms with Crippen molar-refractivity contribution >= 4 is 5.82 Å². The summed E-state index contributed by atoms with van der Waals surface area (Å²) in [7, 11) is 0. The molecule has 1 saturated carbocycles. The zero-order valence-corrected chi connectivity index (χ0v) is 11.1. The third-order valence-corrected chi connectivity index (χ3v) is 3.29. The minimum absolute atomic E-state index is 0.0800. The maximum Gasteiger partial charge on any atom is 0.165 e. The number of hydrogen-bond acceptors (Lipinski definition) is 5. The lowest BCUT2D eigenvalue weighted by molar-refractivity contribution is 0.311. The van der Waals surface area contributed by atoms with E-state index in [-0.39, 0.29) is 6.61 Å². The quantitative estimate of drug-likeness (QED) is 0.823. The van der Waals surface area contributed by atoms with Crippen molar-refractivity contribution in [2.45, 2.75) is 38.6 Å². The smallest absolute Gasteiger partial charge is 0.165 e. The predicted molar refractivity (Wildman–Crippen MR) is 72.3 cm³/mol. The molecule has 0 spiro atoms. The van der Waals surface area contributed by atoms with Crippen molar-refractivity contribution in [3.63, 3.8) is 0 Å². The van der Waals surface area contributed by atoms with Crippen molar-refractivity contribution in [2.24, 2.45) is 0 Å². The molecule has 0 radical (unpaired) electrons. The van der Waals surface area contributed by atoms with Gasteiger partial charge in [-0.25, -0.2) is 15.0 Å². The van der Waals surface area contributed by atoms with Crippen molar-refractivity contribution in [3.05, 3.63) is 12.2 Å². The number of aliphatic hydroxyl groups is 1. The van der Waals surface area contributed by atoms with Gasteiger partial charge >= 0.3 is 0 Å². The molecule has 1 fully saturated rings. The molecule has 0 aromatic heterocycles. The van der Waals surface area contributed by atoms with Crippen LogP contribution in [0.4, 0.5) is 5.82 Å². The minimum atomic E-state index is 0.0800. The summed E-state index contributed by atoms with van der Waals surface area (Å²) in [6.45, 7) is 3.59. The maximum atomic E-state index is 8.91. The zero-order chi connectivity index (χ0) is 13.2. The summed E-state index contributed by atoms with van der Waals surface area (Å²) in [6.07, 6.45) is 5.22. The highest BCUT2D eigenvalue weighted by atomic mass is 16.3. The highest BCUT2D eigenvalue weighted by Gasteiger charge is 2.30. The summed E-state index contributed by atoms with van der Waals surface area (Å²) in [4.78, 5) is 13.7. The van der Waals surface area contributed by atoms with E-state index in [0.29, 0.717) is 12.5 Å². The molecule has 0 saturated heterocycles. The molecule has 6 heteroatoms. The predicted octanol–water partition coefficient (Wildman–Crippen LogP) is 1.47. The van der Waals surface area contributed by atoms with E-state index in [9.17, 15) is 0 Å². The first-order valence-corrected chi connectivity index (χ1v) is 6.91. The number of hydrogen-bond donors (Lipinski definition) is 2. The second kappa shape index (κ2) is 5.13. The van der Waals surface area contributed by atoms with Gasteiger partial charge in [-0.2, -0.15) is 0 Å². The highest BCUT2D eigenvalue weighted by molar-refractivity contribution is 5.67. The average Bonchev–Trinajstić information content (AvgIpc) is 3.17. The molecule has 0 atom stereocenters. The normalized spacial score (nSPS) is 15.1. The van der Waals surface area contributed by atoms with Crippen LogP contribution in [0.2, 0.25) is 0 Å². The van der Waals surface area contributed by atoms with Gasteiger partial charge < -0.3 is 15.0 Å². The van der Waals surface area contributed by atoms with Gasteiger partial charge in [0.1, 0.15) is 5.82 Å². The summed E-state index contributed by atoms with van der Waals surface area (Å²) < 4.78 is 2.05. The second-order valence-electron chi connectivity index (χ2n) is 4.97. The van der Waals surface area contributed by atoms with Crippen molar-refractivity contribution < 1.29 is 5.11 Å². The van der Waals surface area contributed by atoms with E-state index in [2.05, 4.69) is 31.8 Å². The number of anilines is 1. The van der Waals surface area contributed by atoms with E-state index in [1.165, 1.54) is 12.8 Å². The van der Waals surface area contributed by atoms with Crippen LogP contribution in [0.25, 0.3) is 11.5 Å². The first-order valence-electron chi connectivity index (χ1n) is 6.91. The minimum Gasteiger partial charge on any atom is -0.395 e. The molecule has 2 N–H and O–H groups in total. The fourth-order valence-corrected chi connectivity index (χ4v) is 2.19. The lowest BCUT2D eigenvalue weighted by atomic mass is 10.3. The number of aliphatic hydroxyl groups excluding tert-OH is 1. The zero-order valence-electron chi connectivity index (χ0n) is 11.1. The fraction of sp³-hybridized carbons (Fsp3) is 0.615. The molecule has 0 unspecified atom stereocenters. The van der Waals surface area contributed by atoms with Crippen LogP contribution in [0.3, 0.4) is 0 Å². The SMILES string of the molecule is CCCn1cnc(NCCO)c2nc(C3CC3)nc1-2. The van der Waals surface area contributed by atoms with Gasteiger partial charge in [0.15, 0.2) is 17.3 Å². The standard InChI is InChI=1S/C13H19N5O/c1-2-6-18-8-15-12(14-5-7-19)10-13(18)17-11(16-10)9-3-4-9/h8-9,14,19H,2-7H2,1H3. The second-order valence-corrected chi connectivity index (χ2v) is 4.97. The van der Waals surface area contributed by atoms with Crippen LogP contribution in [-0.2, 0) is 6.54 Å². The first kappa shape index (κ1) is 12.3. The van der Waals surface area contributed by atoms with Crippen LogP contribution in [0.1, 0.15) is 37.9 Å². The lowest BCUT2D eigenvalue weighted by Crippen LogP contribution is -2.12. The number of rotatable bonds is 6. The Hall–Kier alpha value is -1.69. The molecule has 3 rings (SSSR count). The number of aromatic nitrogens is 4. The van der Waals surface area contributed by atoms with E-state index in [1.807, 2.05) is 0 Å². The Kier molecular flexibility index (Phi) is 3.33. The Morgan fingerprint density at radius 2 is 2.26 bits per heavy atom. The number of fused-ring (bicyclic) bond motifs is 1. The van der Waals surface area contributed by atoms with Gasteiger partial charge in [-0.3, -0.25) is 0 Å². The van der Waals surface area contributed by atoms with Gasteiger partial charge in [0, 0.05) is 19.0 Å². The molecule has 0 amide bonds. The molecular formula is C13H19N5O. The van der Waals surface area contributed by atoms with E-state index >= 15 is 0 Å². The van der Waals surface area contributed by atoms with E-state index < -0.39 is 0 Å². The van der Waals surface area contributed by atoms with Crippen LogP contribution >= 0.6 is 0 Å². The summed E-state index contributed by atoms with van der Waals surface area (Å²) in [6, 6.07) is 0. The Bertz CT molecular complexity index is 534. The van der Waals surface area contributed by atoms with Crippen LogP contribution in [0.15, 0.2) is 6.33 Å². The van der Waals surface area contributed by atoms with E-state index in [1.54, 1.807) is 6.33 Å². The molecule has 2 heterocycles. The van der Waals surface area contributed by atoms with Gasteiger partial charge in [-0.1, -0.05) is 6.92 Å². The lowest BCUT2D eigenvalue weighted by Gasteiger charge is -2.12. The van der Waals surface area contributed by atoms with Gasteiger partial charge in [0.2, 0.25) is 0 Å². The number of aryl methyl sites for hydroxylation is 1. The Balaban J connectivity index is 2.00. The fourth-order valence-electron chi connectivity index (χ4n) is 2.19. The Morgan fingerprint density at radius 3 is 2.95 bits per heavy atom. The van der Waals surface area contributed by atoms with Crippen LogP contribution in [0, 0.1) is 0 Å². The summed E-state index contributed by atoms with van der Waals surface area (Å²) >= 11 is 0. The molecule has 0 aromatic rings. The first-order chi connectivity index (χ1) is 9.33. The third-order valence-electron chi connectivity index (χ3n) is 3.29. The molecule has 2 aliphatic heterocycles.